The summed E-state index contributed by atoms with van der Waals surface area (Å²) in [5, 5.41) is 0.618. The van der Waals surface area contributed by atoms with Gasteiger partial charge in [-0.15, -0.1) is 0 Å². The Kier molecular flexibility index (Phi) is 4.40. The molecule has 3 aromatic rings. The Morgan fingerprint density at radius 2 is 1.90 bits per heavy atom. The number of halogens is 1. The van der Waals surface area contributed by atoms with Crippen molar-refractivity contribution in [1.29, 1.82) is 0 Å². The standard InChI is InChI=1S/C14H12ClN3.C2H6/c1-9-5-6-12-11(8-9)17-14(18(12)2)13-10(15)4-3-7-16-13;1-2/h3-8H,1-2H3;1-2H3. The Bertz CT molecular complexity index is 732. The number of hydrogen-bond acceptors (Lipinski definition) is 2. The van der Waals surface area contributed by atoms with Gasteiger partial charge in [0.25, 0.3) is 0 Å². The summed E-state index contributed by atoms with van der Waals surface area (Å²) in [6.45, 7) is 6.06. The van der Waals surface area contributed by atoms with Crippen molar-refractivity contribution < 1.29 is 0 Å². The third-order valence-electron chi connectivity index (χ3n) is 3.01. The molecule has 0 saturated carbocycles. The van der Waals surface area contributed by atoms with Crippen molar-refractivity contribution in [3.63, 3.8) is 0 Å². The zero-order chi connectivity index (χ0) is 14.7. The first-order chi connectivity index (χ1) is 9.66. The van der Waals surface area contributed by atoms with E-state index in [-0.39, 0.29) is 0 Å². The molecule has 0 aliphatic rings. The Labute approximate surface area is 124 Å². The van der Waals surface area contributed by atoms with Crippen LogP contribution in [-0.4, -0.2) is 14.5 Å². The predicted molar refractivity (Wildman–Crippen MR) is 85.0 cm³/mol. The molecule has 0 unspecified atom stereocenters. The van der Waals surface area contributed by atoms with Gasteiger partial charge in [0.15, 0.2) is 5.82 Å². The fourth-order valence-electron chi connectivity index (χ4n) is 2.07. The van der Waals surface area contributed by atoms with Gasteiger partial charge in [-0.2, -0.15) is 0 Å². The lowest BCUT2D eigenvalue weighted by molar-refractivity contribution is 0.950. The Morgan fingerprint density at radius 3 is 2.60 bits per heavy atom. The van der Waals surface area contributed by atoms with Crippen molar-refractivity contribution in [2.45, 2.75) is 20.8 Å². The molecule has 20 heavy (non-hydrogen) atoms. The van der Waals surface area contributed by atoms with Gasteiger partial charge in [0.05, 0.1) is 16.1 Å². The van der Waals surface area contributed by atoms with E-state index in [9.17, 15) is 0 Å². The second kappa shape index (κ2) is 6.06. The van der Waals surface area contributed by atoms with Gasteiger partial charge in [0.1, 0.15) is 5.69 Å². The number of hydrogen-bond donors (Lipinski definition) is 0. The second-order valence-electron chi connectivity index (χ2n) is 4.32. The molecule has 4 heteroatoms. The highest BCUT2D eigenvalue weighted by Crippen LogP contribution is 2.27. The monoisotopic (exact) mass is 287 g/mol. The van der Waals surface area contributed by atoms with Crippen LogP contribution in [0.15, 0.2) is 36.5 Å². The lowest BCUT2D eigenvalue weighted by atomic mass is 10.2. The summed E-state index contributed by atoms with van der Waals surface area (Å²) in [7, 11) is 1.98. The minimum absolute atomic E-state index is 0.618. The largest absolute Gasteiger partial charge is 0.326 e. The molecule has 0 bridgehead atoms. The summed E-state index contributed by atoms with van der Waals surface area (Å²) in [6, 6.07) is 9.86. The topological polar surface area (TPSA) is 30.7 Å². The SMILES string of the molecule is CC.Cc1ccc2c(c1)nc(-c1ncccc1Cl)n2C. The molecule has 0 fully saturated rings. The highest BCUT2D eigenvalue weighted by atomic mass is 35.5. The zero-order valence-electron chi connectivity index (χ0n) is 12.2. The van der Waals surface area contributed by atoms with Crippen molar-refractivity contribution in [1.82, 2.24) is 14.5 Å². The van der Waals surface area contributed by atoms with Crippen LogP contribution in [0.4, 0.5) is 0 Å². The van der Waals surface area contributed by atoms with Gasteiger partial charge in [0.2, 0.25) is 0 Å². The number of fused-ring (bicyclic) bond motifs is 1. The van der Waals surface area contributed by atoms with E-state index in [1.54, 1.807) is 6.20 Å². The van der Waals surface area contributed by atoms with Gasteiger partial charge in [-0.05, 0) is 36.8 Å². The van der Waals surface area contributed by atoms with E-state index in [0.717, 1.165) is 22.6 Å². The first-order valence-corrected chi connectivity index (χ1v) is 7.08. The molecule has 3 rings (SSSR count). The highest BCUT2D eigenvalue weighted by Gasteiger charge is 2.13. The van der Waals surface area contributed by atoms with Crippen LogP contribution in [0.25, 0.3) is 22.6 Å². The summed E-state index contributed by atoms with van der Waals surface area (Å²) < 4.78 is 2.02. The van der Waals surface area contributed by atoms with Crippen LogP contribution in [0.2, 0.25) is 5.02 Å². The predicted octanol–water partition coefficient (Wildman–Crippen LogP) is 4.62. The first kappa shape index (κ1) is 14.5. The van der Waals surface area contributed by atoms with Crippen molar-refractivity contribution in [3.8, 4) is 11.5 Å². The maximum atomic E-state index is 6.17. The van der Waals surface area contributed by atoms with E-state index >= 15 is 0 Å². The Hall–Kier alpha value is -1.87. The molecule has 0 radical (unpaired) electrons. The summed E-state index contributed by atoms with van der Waals surface area (Å²) in [4.78, 5) is 8.93. The number of aryl methyl sites for hydroxylation is 2. The van der Waals surface area contributed by atoms with Crippen LogP contribution in [0.5, 0.6) is 0 Å². The van der Waals surface area contributed by atoms with Gasteiger partial charge >= 0.3 is 0 Å². The molecule has 0 N–H and O–H groups in total. The number of pyridine rings is 1. The van der Waals surface area contributed by atoms with Crippen LogP contribution in [-0.2, 0) is 7.05 Å². The Balaban J connectivity index is 0.000000704. The van der Waals surface area contributed by atoms with Crippen molar-refractivity contribution >= 4 is 22.6 Å². The number of aromatic nitrogens is 3. The summed E-state index contributed by atoms with van der Waals surface area (Å²) in [6.07, 6.45) is 1.73. The fourth-order valence-corrected chi connectivity index (χ4v) is 2.28. The molecule has 0 spiro atoms. The fraction of sp³-hybridized carbons (Fsp3) is 0.250. The van der Waals surface area contributed by atoms with Crippen LogP contribution >= 0.6 is 11.6 Å². The molecule has 0 saturated heterocycles. The van der Waals surface area contributed by atoms with Crippen molar-refractivity contribution in [2.75, 3.05) is 0 Å². The molecule has 0 atom stereocenters. The van der Waals surface area contributed by atoms with Crippen molar-refractivity contribution in [3.05, 3.63) is 47.1 Å². The molecule has 2 heterocycles. The third-order valence-corrected chi connectivity index (χ3v) is 3.31. The van der Waals surface area contributed by atoms with Gasteiger partial charge in [-0.25, -0.2) is 4.98 Å². The lowest BCUT2D eigenvalue weighted by Gasteiger charge is -2.03. The molecular weight excluding hydrogens is 270 g/mol. The molecule has 0 amide bonds. The van der Waals surface area contributed by atoms with Crippen LogP contribution in [0.3, 0.4) is 0 Å². The third kappa shape index (κ3) is 2.54. The second-order valence-corrected chi connectivity index (χ2v) is 4.73. The smallest absolute Gasteiger partial charge is 0.161 e. The van der Waals surface area contributed by atoms with E-state index in [1.165, 1.54) is 5.56 Å². The number of imidazole rings is 1. The van der Waals surface area contributed by atoms with Gasteiger partial charge in [-0.3, -0.25) is 4.98 Å². The molecule has 0 aliphatic carbocycles. The average Bonchev–Trinajstić information content (AvgIpc) is 2.78. The number of rotatable bonds is 1. The summed E-state index contributed by atoms with van der Waals surface area (Å²) >= 11 is 6.17. The van der Waals surface area contributed by atoms with E-state index < -0.39 is 0 Å². The minimum Gasteiger partial charge on any atom is -0.326 e. The maximum Gasteiger partial charge on any atom is 0.161 e. The molecule has 0 aliphatic heterocycles. The summed E-state index contributed by atoms with van der Waals surface area (Å²) in [5.74, 6) is 0.793. The maximum absolute atomic E-state index is 6.17. The van der Waals surface area contributed by atoms with Crippen molar-refractivity contribution in [2.24, 2.45) is 7.05 Å². The minimum atomic E-state index is 0.618. The first-order valence-electron chi connectivity index (χ1n) is 6.71. The van der Waals surface area contributed by atoms with Gasteiger partial charge < -0.3 is 4.57 Å². The van der Waals surface area contributed by atoms with Crippen LogP contribution < -0.4 is 0 Å². The molecule has 104 valence electrons. The normalized spacial score (nSPS) is 10.2. The molecule has 3 nitrogen and oxygen atoms in total. The quantitative estimate of drug-likeness (QED) is 0.653. The molecule has 2 aromatic heterocycles. The van der Waals surface area contributed by atoms with Crippen LogP contribution in [0.1, 0.15) is 19.4 Å². The van der Waals surface area contributed by atoms with E-state index in [0.29, 0.717) is 5.02 Å². The Morgan fingerprint density at radius 1 is 1.15 bits per heavy atom. The number of benzene rings is 1. The zero-order valence-corrected chi connectivity index (χ0v) is 12.9. The summed E-state index contributed by atoms with van der Waals surface area (Å²) in [5.41, 5.74) is 3.96. The average molecular weight is 288 g/mol. The lowest BCUT2D eigenvalue weighted by Crippen LogP contribution is -1.95. The molecular formula is C16H18ClN3. The van der Waals surface area contributed by atoms with Gasteiger partial charge in [0, 0.05) is 13.2 Å². The van der Waals surface area contributed by atoms with Crippen LogP contribution in [0, 0.1) is 6.92 Å². The highest BCUT2D eigenvalue weighted by molar-refractivity contribution is 6.32. The molecule has 1 aromatic carbocycles. The van der Waals surface area contributed by atoms with E-state index in [1.807, 2.05) is 37.6 Å². The number of nitrogens with zero attached hydrogens (tertiary/aromatic N) is 3. The van der Waals surface area contributed by atoms with E-state index in [2.05, 4.69) is 35.1 Å². The van der Waals surface area contributed by atoms with Gasteiger partial charge in [-0.1, -0.05) is 31.5 Å². The van der Waals surface area contributed by atoms with E-state index in [4.69, 9.17) is 11.6 Å².